The second-order valence-electron chi connectivity index (χ2n) is 5.55. The molecule has 2 atom stereocenters. The van der Waals surface area contributed by atoms with Gasteiger partial charge in [0.2, 0.25) is 0 Å². The molecule has 0 unspecified atom stereocenters. The number of aliphatic hydroxyl groups is 1. The molecule has 1 saturated heterocycles. The third-order valence-corrected chi connectivity index (χ3v) is 4.06. The number of anilines is 1. The van der Waals surface area contributed by atoms with E-state index in [0.29, 0.717) is 24.3 Å². The zero-order chi connectivity index (χ0) is 15.7. The quantitative estimate of drug-likeness (QED) is 0.926. The first-order valence-electron chi connectivity index (χ1n) is 7.16. The Balaban J connectivity index is 2.03. The molecule has 1 aromatic heterocycles. The molecular weight excluding hydrogens is 281 g/mol. The molecule has 1 aromatic carbocycles. The molecule has 3 rings (SSSR count). The van der Waals surface area contributed by atoms with Crippen molar-refractivity contribution in [3.8, 4) is 6.07 Å². The molecule has 0 spiro atoms. The van der Waals surface area contributed by atoms with Crippen LogP contribution in [0.25, 0.3) is 0 Å². The average molecular weight is 297 g/mol. The molecule has 1 aliphatic heterocycles. The molecule has 0 amide bonds. The van der Waals surface area contributed by atoms with Gasteiger partial charge in [0, 0.05) is 12.7 Å². The summed E-state index contributed by atoms with van der Waals surface area (Å²) in [7, 11) is 0. The van der Waals surface area contributed by atoms with Gasteiger partial charge in [0.1, 0.15) is 17.7 Å². The van der Waals surface area contributed by atoms with Crippen LogP contribution >= 0.6 is 0 Å². The van der Waals surface area contributed by atoms with Gasteiger partial charge in [-0.1, -0.05) is 12.1 Å². The van der Waals surface area contributed by atoms with Gasteiger partial charge in [-0.3, -0.25) is 0 Å². The lowest BCUT2D eigenvalue weighted by molar-refractivity contribution is 0.194. The van der Waals surface area contributed by atoms with Crippen molar-refractivity contribution in [1.29, 1.82) is 5.26 Å². The number of rotatable bonds is 2. The van der Waals surface area contributed by atoms with Gasteiger partial charge in [0.05, 0.1) is 17.7 Å². The van der Waals surface area contributed by atoms with E-state index in [4.69, 9.17) is 0 Å². The molecule has 2 heterocycles. The predicted molar refractivity (Wildman–Crippen MR) is 80.8 cm³/mol. The van der Waals surface area contributed by atoms with Crippen LogP contribution in [-0.4, -0.2) is 22.7 Å². The molecule has 0 aliphatic carbocycles. The van der Waals surface area contributed by atoms with Crippen LogP contribution in [0.4, 0.5) is 10.2 Å². The molecule has 0 bridgehead atoms. The number of nitriles is 1. The highest BCUT2D eigenvalue weighted by Crippen LogP contribution is 2.37. The van der Waals surface area contributed by atoms with Gasteiger partial charge in [-0.05, 0) is 42.7 Å². The van der Waals surface area contributed by atoms with E-state index >= 15 is 0 Å². The van der Waals surface area contributed by atoms with Gasteiger partial charge in [-0.2, -0.15) is 5.26 Å². The Bertz CT molecular complexity index is 724. The standard InChI is InChI=1S/C17H16FN3O/c1-11-6-7-20-17(15(11)9-19)21-10-14(22)8-16(21)12-2-4-13(18)5-3-12/h2-7,14,16,22H,8,10H2,1H3/t14-,16-/m0/s1. The molecule has 1 fully saturated rings. The Hall–Kier alpha value is -2.45. The third kappa shape index (κ3) is 2.53. The van der Waals surface area contributed by atoms with Gasteiger partial charge in [0.15, 0.2) is 0 Å². The van der Waals surface area contributed by atoms with E-state index < -0.39 is 6.10 Å². The van der Waals surface area contributed by atoms with Crippen LogP contribution in [0.5, 0.6) is 0 Å². The van der Waals surface area contributed by atoms with Crippen molar-refractivity contribution in [2.75, 3.05) is 11.4 Å². The van der Waals surface area contributed by atoms with Crippen molar-refractivity contribution in [1.82, 2.24) is 4.98 Å². The highest BCUT2D eigenvalue weighted by atomic mass is 19.1. The Morgan fingerprint density at radius 1 is 1.32 bits per heavy atom. The maximum absolute atomic E-state index is 13.1. The Morgan fingerprint density at radius 3 is 2.73 bits per heavy atom. The molecule has 112 valence electrons. The lowest BCUT2D eigenvalue weighted by atomic mass is 10.0. The van der Waals surface area contributed by atoms with Crippen LogP contribution in [0.3, 0.4) is 0 Å². The first-order chi connectivity index (χ1) is 10.6. The number of benzene rings is 1. The monoisotopic (exact) mass is 297 g/mol. The van der Waals surface area contributed by atoms with Crippen molar-refractivity contribution in [3.63, 3.8) is 0 Å². The molecule has 5 heteroatoms. The molecule has 0 saturated carbocycles. The summed E-state index contributed by atoms with van der Waals surface area (Å²) in [6.07, 6.45) is 1.70. The van der Waals surface area contributed by atoms with Gasteiger partial charge in [-0.25, -0.2) is 9.37 Å². The lowest BCUT2D eigenvalue weighted by Crippen LogP contribution is -2.26. The van der Waals surface area contributed by atoms with E-state index in [1.165, 1.54) is 12.1 Å². The van der Waals surface area contributed by atoms with Crippen molar-refractivity contribution in [2.24, 2.45) is 0 Å². The molecule has 22 heavy (non-hydrogen) atoms. The van der Waals surface area contributed by atoms with Crippen LogP contribution < -0.4 is 4.90 Å². The average Bonchev–Trinajstić information content (AvgIpc) is 2.89. The molecule has 4 nitrogen and oxygen atoms in total. The maximum Gasteiger partial charge on any atom is 0.147 e. The number of β-amino-alcohol motifs (C(OH)–C–C–N with tert-alkyl or cyclic N) is 1. The van der Waals surface area contributed by atoms with Crippen LogP contribution in [0, 0.1) is 24.1 Å². The van der Waals surface area contributed by atoms with E-state index in [1.807, 2.05) is 11.8 Å². The lowest BCUT2D eigenvalue weighted by Gasteiger charge is -2.27. The van der Waals surface area contributed by atoms with E-state index in [9.17, 15) is 14.8 Å². The SMILES string of the molecule is Cc1ccnc(N2C[C@@H](O)C[C@H]2c2ccc(F)cc2)c1C#N. The highest BCUT2D eigenvalue weighted by Gasteiger charge is 2.34. The fourth-order valence-corrected chi connectivity index (χ4v) is 2.95. The summed E-state index contributed by atoms with van der Waals surface area (Å²) in [6, 6.07) is 10.1. The molecule has 0 radical (unpaired) electrons. The summed E-state index contributed by atoms with van der Waals surface area (Å²) in [5, 5.41) is 19.4. The van der Waals surface area contributed by atoms with E-state index in [0.717, 1.165) is 11.1 Å². The summed E-state index contributed by atoms with van der Waals surface area (Å²) in [5.41, 5.74) is 2.28. The normalized spacial score (nSPS) is 20.9. The first-order valence-corrected chi connectivity index (χ1v) is 7.16. The van der Waals surface area contributed by atoms with E-state index in [2.05, 4.69) is 11.1 Å². The number of nitrogens with zero attached hydrogens (tertiary/aromatic N) is 3. The fraction of sp³-hybridized carbons (Fsp3) is 0.294. The van der Waals surface area contributed by atoms with Crippen molar-refractivity contribution in [2.45, 2.75) is 25.5 Å². The molecule has 1 aliphatic rings. The first kappa shape index (κ1) is 14.5. The van der Waals surface area contributed by atoms with Crippen molar-refractivity contribution >= 4 is 5.82 Å². The third-order valence-electron chi connectivity index (χ3n) is 4.06. The molecule has 1 N–H and O–H groups in total. The summed E-state index contributed by atoms with van der Waals surface area (Å²) in [4.78, 5) is 6.27. The second kappa shape index (κ2) is 5.74. The minimum atomic E-state index is -0.496. The fourth-order valence-electron chi connectivity index (χ4n) is 2.95. The second-order valence-corrected chi connectivity index (χ2v) is 5.55. The van der Waals surface area contributed by atoms with Gasteiger partial charge >= 0.3 is 0 Å². The van der Waals surface area contributed by atoms with Crippen LogP contribution in [0.1, 0.15) is 29.2 Å². The number of hydrogen-bond donors (Lipinski definition) is 1. The Morgan fingerprint density at radius 2 is 2.05 bits per heavy atom. The van der Waals surface area contributed by atoms with Crippen LogP contribution in [0.2, 0.25) is 0 Å². The van der Waals surface area contributed by atoms with E-state index in [-0.39, 0.29) is 11.9 Å². The smallest absolute Gasteiger partial charge is 0.147 e. The van der Waals surface area contributed by atoms with Gasteiger partial charge in [0.25, 0.3) is 0 Å². The topological polar surface area (TPSA) is 60.1 Å². The van der Waals surface area contributed by atoms with Gasteiger partial charge in [-0.15, -0.1) is 0 Å². The number of halogens is 1. The summed E-state index contributed by atoms with van der Waals surface area (Å²) >= 11 is 0. The summed E-state index contributed by atoms with van der Waals surface area (Å²) in [6.45, 7) is 2.27. The maximum atomic E-state index is 13.1. The Labute approximate surface area is 128 Å². The molecular formula is C17H16FN3O. The van der Waals surface area contributed by atoms with Crippen LogP contribution in [-0.2, 0) is 0 Å². The zero-order valence-corrected chi connectivity index (χ0v) is 12.2. The van der Waals surface area contributed by atoms with E-state index in [1.54, 1.807) is 24.4 Å². The zero-order valence-electron chi connectivity index (χ0n) is 12.2. The number of aliphatic hydroxyl groups excluding tert-OH is 1. The highest BCUT2D eigenvalue weighted by molar-refractivity contribution is 5.59. The van der Waals surface area contributed by atoms with Crippen molar-refractivity contribution in [3.05, 3.63) is 59.0 Å². The summed E-state index contributed by atoms with van der Waals surface area (Å²) < 4.78 is 13.1. The minimum Gasteiger partial charge on any atom is -0.391 e. The van der Waals surface area contributed by atoms with Gasteiger partial charge < -0.3 is 10.0 Å². The number of pyridine rings is 1. The molecule has 2 aromatic rings. The number of aromatic nitrogens is 1. The van der Waals surface area contributed by atoms with Crippen LogP contribution in [0.15, 0.2) is 36.5 Å². The number of hydrogen-bond acceptors (Lipinski definition) is 4. The largest absolute Gasteiger partial charge is 0.391 e. The van der Waals surface area contributed by atoms with Crippen molar-refractivity contribution < 1.29 is 9.50 Å². The number of aryl methyl sites for hydroxylation is 1. The minimum absolute atomic E-state index is 0.114. The summed E-state index contributed by atoms with van der Waals surface area (Å²) in [5.74, 6) is 0.286. The Kier molecular flexibility index (Phi) is 3.78. The predicted octanol–water partition coefficient (Wildman–Crippen LogP) is 2.71.